The van der Waals surface area contributed by atoms with Gasteiger partial charge in [0.05, 0.1) is 12.8 Å². The number of aromatic nitrogens is 2. The summed E-state index contributed by atoms with van der Waals surface area (Å²) in [6.07, 6.45) is 0.714. The van der Waals surface area contributed by atoms with Crippen molar-refractivity contribution in [2.45, 2.75) is 0 Å². The van der Waals surface area contributed by atoms with E-state index >= 15 is 0 Å². The Morgan fingerprint density at radius 1 is 1.41 bits per heavy atom. The van der Waals surface area contributed by atoms with Gasteiger partial charge in [0.2, 0.25) is 0 Å². The van der Waals surface area contributed by atoms with Crippen LogP contribution >= 0.6 is 11.6 Å². The molecule has 4 nitrogen and oxygen atoms in total. The summed E-state index contributed by atoms with van der Waals surface area (Å²) in [7, 11) is 3.35. The number of ether oxygens (including phenoxy) is 1. The van der Waals surface area contributed by atoms with Gasteiger partial charge in [-0.3, -0.25) is 9.48 Å². The van der Waals surface area contributed by atoms with Crippen LogP contribution in [0.15, 0.2) is 24.3 Å². The van der Waals surface area contributed by atoms with E-state index in [1.54, 1.807) is 37.0 Å². The van der Waals surface area contributed by atoms with Crippen LogP contribution in [0.2, 0.25) is 5.02 Å². The van der Waals surface area contributed by atoms with E-state index in [0.717, 1.165) is 11.3 Å². The maximum absolute atomic E-state index is 10.7. The summed E-state index contributed by atoms with van der Waals surface area (Å²) in [4.78, 5) is 10.7. The van der Waals surface area contributed by atoms with Crippen LogP contribution < -0.4 is 4.74 Å². The third-order valence-corrected chi connectivity index (χ3v) is 2.69. The summed E-state index contributed by atoms with van der Waals surface area (Å²) >= 11 is 5.90. The highest BCUT2D eigenvalue weighted by molar-refractivity contribution is 6.30. The van der Waals surface area contributed by atoms with E-state index in [0.29, 0.717) is 22.8 Å². The molecule has 0 atom stereocenters. The molecule has 5 heteroatoms. The van der Waals surface area contributed by atoms with Gasteiger partial charge in [-0.05, 0) is 24.3 Å². The normalized spacial score (nSPS) is 10.3. The monoisotopic (exact) mass is 250 g/mol. The summed E-state index contributed by atoms with van der Waals surface area (Å²) < 4.78 is 6.90. The van der Waals surface area contributed by atoms with Crippen LogP contribution in [0.5, 0.6) is 5.75 Å². The van der Waals surface area contributed by atoms with Gasteiger partial charge in [-0.15, -0.1) is 0 Å². The molecule has 88 valence electrons. The highest BCUT2D eigenvalue weighted by atomic mass is 35.5. The predicted octanol–water partition coefficient (Wildman–Crippen LogP) is 2.56. The molecule has 2 rings (SSSR count). The Labute approximate surface area is 104 Å². The Morgan fingerprint density at radius 2 is 2.18 bits per heavy atom. The zero-order chi connectivity index (χ0) is 12.4. The maximum Gasteiger partial charge on any atom is 0.170 e. The largest absolute Gasteiger partial charge is 0.496 e. The Kier molecular flexibility index (Phi) is 3.15. The van der Waals surface area contributed by atoms with E-state index in [4.69, 9.17) is 16.3 Å². The Hall–Kier alpha value is -1.81. The molecule has 0 saturated heterocycles. The number of methoxy groups -OCH3 is 1. The average Bonchev–Trinajstić information content (AvgIpc) is 2.70. The lowest BCUT2D eigenvalue weighted by molar-refractivity contribution is 0.111. The second-order valence-electron chi connectivity index (χ2n) is 3.54. The summed E-state index contributed by atoms with van der Waals surface area (Å²) in [5.74, 6) is 0.651. The van der Waals surface area contributed by atoms with Gasteiger partial charge in [0, 0.05) is 17.6 Å². The van der Waals surface area contributed by atoms with Crippen LogP contribution in [0.3, 0.4) is 0 Å². The van der Waals surface area contributed by atoms with Crippen molar-refractivity contribution in [1.29, 1.82) is 0 Å². The van der Waals surface area contributed by atoms with Crippen molar-refractivity contribution in [3.8, 4) is 17.0 Å². The molecule has 2 aromatic rings. The van der Waals surface area contributed by atoms with Crippen molar-refractivity contribution in [3.05, 3.63) is 35.0 Å². The highest BCUT2D eigenvalue weighted by Crippen LogP contribution is 2.32. The van der Waals surface area contributed by atoms with E-state index in [9.17, 15) is 4.79 Å². The second kappa shape index (κ2) is 4.59. The van der Waals surface area contributed by atoms with Crippen molar-refractivity contribution in [3.63, 3.8) is 0 Å². The van der Waals surface area contributed by atoms with Gasteiger partial charge in [0.25, 0.3) is 0 Å². The first-order valence-corrected chi connectivity index (χ1v) is 5.36. The van der Waals surface area contributed by atoms with Gasteiger partial charge < -0.3 is 4.74 Å². The number of hydrogen-bond acceptors (Lipinski definition) is 3. The molecule has 0 aliphatic rings. The van der Waals surface area contributed by atoms with Crippen LogP contribution in [0, 0.1) is 0 Å². The van der Waals surface area contributed by atoms with E-state index in [-0.39, 0.29) is 0 Å². The molecule has 0 spiro atoms. The fraction of sp³-hybridized carbons (Fsp3) is 0.167. The summed E-state index contributed by atoms with van der Waals surface area (Å²) in [5.41, 5.74) is 2.04. The first-order chi connectivity index (χ1) is 8.15. The van der Waals surface area contributed by atoms with Crippen molar-refractivity contribution < 1.29 is 9.53 Å². The number of aryl methyl sites for hydroxylation is 1. The zero-order valence-electron chi connectivity index (χ0n) is 9.48. The molecular weight excluding hydrogens is 240 g/mol. The SMILES string of the molecule is COc1cc(Cl)ccc1-c1cc(C=O)nn1C. The minimum atomic E-state index is 0.388. The Balaban J connectivity index is 2.59. The molecule has 0 aliphatic heterocycles. The van der Waals surface area contributed by atoms with E-state index in [1.165, 1.54) is 0 Å². The third-order valence-electron chi connectivity index (χ3n) is 2.46. The van der Waals surface area contributed by atoms with Crippen molar-refractivity contribution in [2.75, 3.05) is 7.11 Å². The standard InChI is InChI=1S/C12H11ClN2O2/c1-15-11(6-9(7-16)14-15)10-4-3-8(13)5-12(10)17-2/h3-7H,1-2H3. The molecule has 0 N–H and O–H groups in total. The van der Waals surface area contributed by atoms with Crippen molar-refractivity contribution >= 4 is 17.9 Å². The Morgan fingerprint density at radius 3 is 2.76 bits per heavy atom. The smallest absolute Gasteiger partial charge is 0.170 e. The van der Waals surface area contributed by atoms with Crippen LogP contribution in [0.4, 0.5) is 0 Å². The zero-order valence-corrected chi connectivity index (χ0v) is 10.2. The van der Waals surface area contributed by atoms with Crippen molar-refractivity contribution in [2.24, 2.45) is 7.05 Å². The molecule has 0 bridgehead atoms. The fourth-order valence-electron chi connectivity index (χ4n) is 1.68. The molecule has 0 unspecified atom stereocenters. The predicted molar refractivity (Wildman–Crippen MR) is 65.6 cm³/mol. The minimum absolute atomic E-state index is 0.388. The number of hydrogen-bond donors (Lipinski definition) is 0. The number of carbonyl (C=O) groups excluding carboxylic acids is 1. The lowest BCUT2D eigenvalue weighted by Crippen LogP contribution is -1.96. The van der Waals surface area contributed by atoms with Gasteiger partial charge in [-0.1, -0.05) is 11.6 Å². The van der Waals surface area contributed by atoms with E-state index in [1.807, 2.05) is 6.07 Å². The van der Waals surface area contributed by atoms with Crippen LogP contribution in [0.25, 0.3) is 11.3 Å². The molecule has 1 aromatic heterocycles. The number of benzene rings is 1. The topological polar surface area (TPSA) is 44.1 Å². The summed E-state index contributed by atoms with van der Waals surface area (Å²) in [6, 6.07) is 7.04. The third kappa shape index (κ3) is 2.17. The van der Waals surface area contributed by atoms with Gasteiger partial charge in [0.1, 0.15) is 11.4 Å². The summed E-state index contributed by atoms with van der Waals surface area (Å²) in [6.45, 7) is 0. The number of aldehydes is 1. The first kappa shape index (κ1) is 11.7. The highest BCUT2D eigenvalue weighted by Gasteiger charge is 2.12. The van der Waals surface area contributed by atoms with Gasteiger partial charge in [0.15, 0.2) is 6.29 Å². The number of carbonyl (C=O) groups is 1. The van der Waals surface area contributed by atoms with Gasteiger partial charge in [-0.25, -0.2) is 0 Å². The summed E-state index contributed by atoms with van der Waals surface area (Å²) in [5, 5.41) is 4.66. The molecule has 17 heavy (non-hydrogen) atoms. The molecule has 0 aliphatic carbocycles. The maximum atomic E-state index is 10.7. The Bertz CT molecular complexity index is 564. The molecule has 1 heterocycles. The van der Waals surface area contributed by atoms with Gasteiger partial charge in [-0.2, -0.15) is 5.10 Å². The average molecular weight is 251 g/mol. The van der Waals surface area contributed by atoms with E-state index < -0.39 is 0 Å². The number of rotatable bonds is 3. The number of halogens is 1. The molecule has 0 saturated carbocycles. The quantitative estimate of drug-likeness (QED) is 0.787. The molecule has 0 fully saturated rings. The van der Waals surface area contributed by atoms with Crippen molar-refractivity contribution in [1.82, 2.24) is 9.78 Å². The van der Waals surface area contributed by atoms with Crippen LogP contribution in [0.1, 0.15) is 10.5 Å². The molecule has 0 amide bonds. The number of nitrogens with zero attached hydrogens (tertiary/aromatic N) is 2. The fourth-order valence-corrected chi connectivity index (χ4v) is 1.84. The van der Waals surface area contributed by atoms with Crippen LogP contribution in [-0.2, 0) is 7.05 Å². The van der Waals surface area contributed by atoms with Gasteiger partial charge >= 0.3 is 0 Å². The minimum Gasteiger partial charge on any atom is -0.496 e. The lowest BCUT2D eigenvalue weighted by atomic mass is 10.1. The van der Waals surface area contributed by atoms with E-state index in [2.05, 4.69) is 5.10 Å². The molecule has 1 aromatic carbocycles. The lowest BCUT2D eigenvalue weighted by Gasteiger charge is -2.08. The molecular formula is C12H11ClN2O2. The van der Waals surface area contributed by atoms with Crippen LogP contribution in [-0.4, -0.2) is 23.2 Å². The molecule has 0 radical (unpaired) electrons. The second-order valence-corrected chi connectivity index (χ2v) is 3.98. The first-order valence-electron chi connectivity index (χ1n) is 4.99.